The van der Waals surface area contributed by atoms with Crippen LogP contribution in [0.3, 0.4) is 0 Å². The van der Waals surface area contributed by atoms with Gasteiger partial charge in [-0.3, -0.25) is 9.69 Å². The Bertz CT molecular complexity index is 1070. The Morgan fingerprint density at radius 3 is 2.62 bits per heavy atom. The summed E-state index contributed by atoms with van der Waals surface area (Å²) in [4.78, 5) is 22.1. The minimum absolute atomic E-state index is 0.0368. The molecule has 1 aliphatic rings. The number of benzene rings is 2. The molecule has 3 aromatic rings. The number of piperidine rings is 1. The molecule has 2 aromatic carbocycles. The quantitative estimate of drug-likeness (QED) is 0.560. The number of hydrogen-bond acceptors (Lipinski definition) is 7. The molecule has 0 spiro atoms. The van der Waals surface area contributed by atoms with Crippen molar-refractivity contribution in [2.24, 2.45) is 5.73 Å². The van der Waals surface area contributed by atoms with Crippen molar-refractivity contribution in [3.8, 4) is 11.5 Å². The highest BCUT2D eigenvalue weighted by Gasteiger charge is 2.23. The molecule has 0 aliphatic carbocycles. The van der Waals surface area contributed by atoms with Gasteiger partial charge in [0.05, 0.1) is 19.2 Å². The van der Waals surface area contributed by atoms with E-state index in [1.807, 2.05) is 30.3 Å². The molecule has 0 radical (unpaired) electrons. The maximum atomic E-state index is 11.2. The predicted molar refractivity (Wildman–Crippen MR) is 124 cm³/mol. The average molecular weight is 436 g/mol. The lowest BCUT2D eigenvalue weighted by Crippen LogP contribution is -2.42. The van der Waals surface area contributed by atoms with Gasteiger partial charge in [-0.05, 0) is 31.4 Å². The second-order valence-corrected chi connectivity index (χ2v) is 8.08. The van der Waals surface area contributed by atoms with Crippen molar-refractivity contribution in [3.05, 3.63) is 54.4 Å². The Hall–Kier alpha value is -3.39. The van der Waals surface area contributed by atoms with Gasteiger partial charge in [-0.2, -0.15) is 0 Å². The maximum absolute atomic E-state index is 11.2. The number of ether oxygens (including phenoxy) is 2. The number of nitrogens with zero attached hydrogens (tertiary/aromatic N) is 3. The molecule has 32 heavy (non-hydrogen) atoms. The van der Waals surface area contributed by atoms with Gasteiger partial charge in [-0.15, -0.1) is 0 Å². The van der Waals surface area contributed by atoms with Gasteiger partial charge < -0.3 is 20.5 Å². The summed E-state index contributed by atoms with van der Waals surface area (Å²) in [5.74, 6) is 1.75. The summed E-state index contributed by atoms with van der Waals surface area (Å²) in [6, 6.07) is 14.1. The van der Waals surface area contributed by atoms with Crippen LogP contribution in [0.25, 0.3) is 10.9 Å². The van der Waals surface area contributed by atoms with Crippen LogP contribution in [-0.2, 0) is 4.79 Å². The highest BCUT2D eigenvalue weighted by molar-refractivity contribution is 5.91. The molecule has 3 N–H and O–H groups in total. The standard InChI is InChI=1S/C24H29N5O3/c1-16(17-6-4-3-5-7-17)28-24-19-12-22(21(31-2)13-20(19)26-15-27-24)32-18-8-10-29(11-9-18)14-23(25)30/h3-7,12-13,15-16,18H,8-11,14H2,1-2H3,(H2,25,30)(H,26,27,28)/t16-/m1/s1. The van der Waals surface area contributed by atoms with E-state index in [1.165, 1.54) is 5.56 Å². The highest BCUT2D eigenvalue weighted by atomic mass is 16.5. The molecule has 8 heteroatoms. The molecule has 168 valence electrons. The zero-order valence-corrected chi connectivity index (χ0v) is 18.5. The molecule has 0 unspecified atom stereocenters. The molecule has 1 atom stereocenters. The van der Waals surface area contributed by atoms with Crippen molar-refractivity contribution >= 4 is 22.6 Å². The van der Waals surface area contributed by atoms with E-state index in [1.54, 1.807) is 13.4 Å². The Kier molecular flexibility index (Phi) is 6.70. The van der Waals surface area contributed by atoms with Gasteiger partial charge in [0.25, 0.3) is 0 Å². The largest absolute Gasteiger partial charge is 0.493 e. The first-order valence-electron chi connectivity index (χ1n) is 10.8. The first kappa shape index (κ1) is 21.8. The molecule has 2 heterocycles. The van der Waals surface area contributed by atoms with Crippen LogP contribution in [0.2, 0.25) is 0 Å². The number of primary amides is 1. The predicted octanol–water partition coefficient (Wildman–Crippen LogP) is 3.14. The molecule has 4 rings (SSSR count). The average Bonchev–Trinajstić information content (AvgIpc) is 2.80. The van der Waals surface area contributed by atoms with Crippen LogP contribution in [0.4, 0.5) is 5.82 Å². The van der Waals surface area contributed by atoms with E-state index in [4.69, 9.17) is 15.2 Å². The van der Waals surface area contributed by atoms with E-state index in [9.17, 15) is 4.79 Å². The second-order valence-electron chi connectivity index (χ2n) is 8.08. The van der Waals surface area contributed by atoms with Crippen molar-refractivity contribution in [3.63, 3.8) is 0 Å². The fourth-order valence-electron chi connectivity index (χ4n) is 4.05. The smallest absolute Gasteiger partial charge is 0.231 e. The molecule has 1 saturated heterocycles. The molecule has 0 saturated carbocycles. The van der Waals surface area contributed by atoms with Gasteiger partial charge in [0.1, 0.15) is 18.2 Å². The first-order valence-corrected chi connectivity index (χ1v) is 10.8. The summed E-state index contributed by atoms with van der Waals surface area (Å²) < 4.78 is 11.9. The van der Waals surface area contributed by atoms with Crippen LogP contribution >= 0.6 is 0 Å². The monoisotopic (exact) mass is 435 g/mol. The molecule has 8 nitrogen and oxygen atoms in total. The minimum Gasteiger partial charge on any atom is -0.493 e. The Morgan fingerprint density at radius 1 is 1.19 bits per heavy atom. The molecular weight excluding hydrogens is 406 g/mol. The van der Waals surface area contributed by atoms with Crippen molar-refractivity contribution in [1.29, 1.82) is 0 Å². The van der Waals surface area contributed by atoms with Gasteiger partial charge in [-0.1, -0.05) is 30.3 Å². The van der Waals surface area contributed by atoms with Crippen LogP contribution in [0.5, 0.6) is 11.5 Å². The number of carbonyl (C=O) groups is 1. The minimum atomic E-state index is -0.301. The van der Waals surface area contributed by atoms with Crippen LogP contribution in [0.1, 0.15) is 31.4 Å². The van der Waals surface area contributed by atoms with E-state index in [0.29, 0.717) is 11.5 Å². The van der Waals surface area contributed by atoms with Crippen LogP contribution in [0.15, 0.2) is 48.8 Å². The normalized spacial score (nSPS) is 15.9. The van der Waals surface area contributed by atoms with Crippen molar-refractivity contribution in [2.75, 3.05) is 32.1 Å². The number of amides is 1. The highest BCUT2D eigenvalue weighted by Crippen LogP contribution is 2.36. The van der Waals surface area contributed by atoms with E-state index in [2.05, 4.69) is 39.2 Å². The Labute approximate surface area is 187 Å². The second kappa shape index (κ2) is 9.82. The van der Waals surface area contributed by atoms with E-state index < -0.39 is 0 Å². The molecule has 1 aliphatic heterocycles. The van der Waals surface area contributed by atoms with E-state index in [0.717, 1.165) is 42.7 Å². The third-order valence-electron chi connectivity index (χ3n) is 5.78. The number of rotatable bonds is 8. The van der Waals surface area contributed by atoms with Gasteiger partial charge in [0.15, 0.2) is 11.5 Å². The van der Waals surface area contributed by atoms with Crippen molar-refractivity contribution in [1.82, 2.24) is 14.9 Å². The molecule has 1 fully saturated rings. The van der Waals surface area contributed by atoms with Crippen molar-refractivity contribution in [2.45, 2.75) is 31.9 Å². The summed E-state index contributed by atoms with van der Waals surface area (Å²) in [5.41, 5.74) is 7.27. The topological polar surface area (TPSA) is 103 Å². The number of fused-ring (bicyclic) bond motifs is 1. The number of nitrogens with one attached hydrogen (secondary N) is 1. The number of aromatic nitrogens is 2. The van der Waals surface area contributed by atoms with Gasteiger partial charge in [0.2, 0.25) is 5.91 Å². The summed E-state index contributed by atoms with van der Waals surface area (Å²) in [6.45, 7) is 3.93. The van der Waals surface area contributed by atoms with Gasteiger partial charge in [-0.25, -0.2) is 9.97 Å². The summed E-state index contributed by atoms with van der Waals surface area (Å²) in [5, 5.41) is 4.37. The number of hydrogen-bond donors (Lipinski definition) is 2. The van der Waals surface area contributed by atoms with E-state index in [-0.39, 0.29) is 24.6 Å². The Morgan fingerprint density at radius 2 is 1.94 bits per heavy atom. The first-order chi connectivity index (χ1) is 15.5. The Balaban J connectivity index is 1.55. The summed E-state index contributed by atoms with van der Waals surface area (Å²) >= 11 is 0. The zero-order chi connectivity index (χ0) is 22.5. The van der Waals surface area contributed by atoms with Crippen LogP contribution < -0.4 is 20.5 Å². The SMILES string of the molecule is COc1cc2ncnc(N[C@H](C)c3ccccc3)c2cc1OC1CCN(CC(N)=O)CC1. The maximum Gasteiger partial charge on any atom is 0.231 e. The lowest BCUT2D eigenvalue weighted by Gasteiger charge is -2.31. The number of anilines is 1. The summed E-state index contributed by atoms with van der Waals surface area (Å²) in [6.07, 6.45) is 3.22. The van der Waals surface area contributed by atoms with Crippen molar-refractivity contribution < 1.29 is 14.3 Å². The lowest BCUT2D eigenvalue weighted by atomic mass is 10.1. The number of likely N-dealkylation sites (tertiary alicyclic amines) is 1. The van der Waals surface area contributed by atoms with Crippen LogP contribution in [0, 0.1) is 0 Å². The molecule has 0 bridgehead atoms. The lowest BCUT2D eigenvalue weighted by molar-refractivity contribution is -0.119. The number of carbonyl (C=O) groups excluding carboxylic acids is 1. The zero-order valence-electron chi connectivity index (χ0n) is 18.5. The number of methoxy groups -OCH3 is 1. The fraction of sp³-hybridized carbons (Fsp3) is 0.375. The van der Waals surface area contributed by atoms with Gasteiger partial charge in [0, 0.05) is 30.6 Å². The molecular formula is C24H29N5O3. The third-order valence-corrected chi connectivity index (χ3v) is 5.78. The number of nitrogens with two attached hydrogens (primary N) is 1. The van der Waals surface area contributed by atoms with E-state index >= 15 is 0 Å². The summed E-state index contributed by atoms with van der Waals surface area (Å²) in [7, 11) is 1.63. The van der Waals surface area contributed by atoms with Crippen LogP contribution in [-0.4, -0.2) is 53.6 Å². The van der Waals surface area contributed by atoms with Gasteiger partial charge >= 0.3 is 0 Å². The molecule has 1 aromatic heterocycles. The fourth-order valence-corrected chi connectivity index (χ4v) is 4.05. The third kappa shape index (κ3) is 5.08. The molecule has 1 amide bonds.